The fourth-order valence-corrected chi connectivity index (χ4v) is 6.05. The molecule has 3 aromatic carbocycles. The lowest BCUT2D eigenvalue weighted by Gasteiger charge is -2.10. The molecule has 8 rings (SSSR count). The number of nitrogens with zero attached hydrogens (tertiary/aromatic N) is 6. The molecule has 8 aromatic rings. The molecule has 35 heavy (non-hydrogen) atoms. The third-order valence-electron chi connectivity index (χ3n) is 6.52. The molecule has 0 unspecified atom stereocenters. The molecule has 5 aromatic heterocycles. The quantitative estimate of drug-likeness (QED) is 0.293. The van der Waals surface area contributed by atoms with E-state index in [1.807, 2.05) is 71.4 Å². The first kappa shape index (κ1) is 18.8. The standard InChI is InChI=1S/C28H16N6S/c1-3-8-17(9-4-1)26-30-27(18-10-5-2-6-11-18)32-28(31-26)33-19-12-7-13-20-23(19)24-22(33)16-35-25(24)21-14-15-29-34(20)21/h1-16H. The van der Waals surface area contributed by atoms with Gasteiger partial charge in [0.2, 0.25) is 5.95 Å². The molecular weight excluding hydrogens is 452 g/mol. The maximum absolute atomic E-state index is 4.99. The first-order valence-corrected chi connectivity index (χ1v) is 12.2. The van der Waals surface area contributed by atoms with E-state index >= 15 is 0 Å². The zero-order valence-corrected chi connectivity index (χ0v) is 19.1. The normalized spacial score (nSPS) is 12.0. The van der Waals surface area contributed by atoms with E-state index in [1.54, 1.807) is 11.3 Å². The van der Waals surface area contributed by atoms with Gasteiger partial charge in [0.25, 0.3) is 0 Å². The average molecular weight is 469 g/mol. The molecule has 0 fully saturated rings. The maximum Gasteiger partial charge on any atom is 0.238 e. The molecule has 5 heterocycles. The molecule has 7 heteroatoms. The summed E-state index contributed by atoms with van der Waals surface area (Å²) >= 11 is 1.73. The van der Waals surface area contributed by atoms with Crippen molar-refractivity contribution in [1.82, 2.24) is 29.1 Å². The molecule has 0 aliphatic carbocycles. The number of thiophene rings is 1. The number of aromatic nitrogens is 6. The van der Waals surface area contributed by atoms with Crippen molar-refractivity contribution < 1.29 is 0 Å². The molecule has 0 aliphatic rings. The number of pyridine rings is 1. The van der Waals surface area contributed by atoms with Crippen LogP contribution in [0.2, 0.25) is 0 Å². The Bertz CT molecular complexity index is 1940. The summed E-state index contributed by atoms with van der Waals surface area (Å²) in [7, 11) is 0. The molecule has 0 spiro atoms. The summed E-state index contributed by atoms with van der Waals surface area (Å²) in [6.45, 7) is 0. The fraction of sp³-hybridized carbons (Fsp3) is 0. The van der Waals surface area contributed by atoms with E-state index in [-0.39, 0.29) is 0 Å². The van der Waals surface area contributed by atoms with Crippen LogP contribution in [0, 0.1) is 0 Å². The molecule has 0 N–H and O–H groups in total. The van der Waals surface area contributed by atoms with Crippen molar-refractivity contribution in [2.75, 3.05) is 0 Å². The SMILES string of the molecule is c1ccc(-c2nc(-c3ccccc3)nc(-n3c4csc5c4c4c3cccc4n3nccc53)n2)cc1. The van der Waals surface area contributed by atoms with Crippen molar-refractivity contribution in [3.8, 4) is 28.7 Å². The van der Waals surface area contributed by atoms with E-state index in [2.05, 4.69) is 39.3 Å². The van der Waals surface area contributed by atoms with Gasteiger partial charge in [-0.3, -0.25) is 4.57 Å². The van der Waals surface area contributed by atoms with Crippen LogP contribution < -0.4 is 0 Å². The van der Waals surface area contributed by atoms with E-state index in [0.717, 1.165) is 33.2 Å². The molecule has 0 radical (unpaired) electrons. The predicted molar refractivity (Wildman–Crippen MR) is 140 cm³/mol. The van der Waals surface area contributed by atoms with Gasteiger partial charge in [-0.2, -0.15) is 15.1 Å². The Morgan fingerprint density at radius 3 is 1.97 bits per heavy atom. The molecule has 0 saturated heterocycles. The highest BCUT2D eigenvalue weighted by atomic mass is 32.1. The van der Waals surface area contributed by atoms with Crippen molar-refractivity contribution in [3.63, 3.8) is 0 Å². The summed E-state index contributed by atoms with van der Waals surface area (Å²) in [5, 5.41) is 9.22. The minimum Gasteiger partial charge on any atom is -0.277 e. The molecule has 0 bridgehead atoms. The van der Waals surface area contributed by atoms with Gasteiger partial charge in [-0.15, -0.1) is 11.3 Å². The van der Waals surface area contributed by atoms with E-state index in [0.29, 0.717) is 17.6 Å². The highest BCUT2D eigenvalue weighted by molar-refractivity contribution is 7.19. The third-order valence-corrected chi connectivity index (χ3v) is 7.51. The number of hydrogen-bond acceptors (Lipinski definition) is 5. The minimum absolute atomic E-state index is 0.610. The van der Waals surface area contributed by atoms with Crippen LogP contribution in [0.5, 0.6) is 0 Å². The third kappa shape index (κ3) is 2.58. The summed E-state index contributed by atoms with van der Waals surface area (Å²) in [6.07, 6.45) is 1.86. The molecule has 0 aliphatic heterocycles. The zero-order valence-electron chi connectivity index (χ0n) is 18.3. The fourth-order valence-electron chi connectivity index (χ4n) is 5.00. The van der Waals surface area contributed by atoms with Gasteiger partial charge in [0.1, 0.15) is 0 Å². The number of rotatable bonds is 3. The Morgan fingerprint density at radius 1 is 0.571 bits per heavy atom. The lowest BCUT2D eigenvalue weighted by molar-refractivity contribution is 0.954. The molecule has 0 saturated carbocycles. The highest BCUT2D eigenvalue weighted by Gasteiger charge is 2.23. The van der Waals surface area contributed by atoms with Gasteiger partial charge in [0.15, 0.2) is 11.6 Å². The Kier molecular flexibility index (Phi) is 3.72. The van der Waals surface area contributed by atoms with Crippen LogP contribution in [0.25, 0.3) is 66.3 Å². The Balaban J connectivity index is 1.50. The van der Waals surface area contributed by atoms with Gasteiger partial charge in [-0.05, 0) is 18.2 Å². The topological polar surface area (TPSA) is 60.9 Å². The van der Waals surface area contributed by atoms with Gasteiger partial charge >= 0.3 is 0 Å². The summed E-state index contributed by atoms with van der Waals surface area (Å²) in [4.78, 5) is 14.8. The van der Waals surface area contributed by atoms with Crippen molar-refractivity contribution in [2.45, 2.75) is 0 Å². The average Bonchev–Trinajstić information content (AvgIpc) is 3.64. The Morgan fingerprint density at radius 2 is 1.26 bits per heavy atom. The van der Waals surface area contributed by atoms with Gasteiger partial charge in [-0.1, -0.05) is 66.7 Å². The Labute approximate surface area is 203 Å². The summed E-state index contributed by atoms with van der Waals surface area (Å²) in [5.41, 5.74) is 6.27. The van der Waals surface area contributed by atoms with Crippen LogP contribution in [0.1, 0.15) is 0 Å². The van der Waals surface area contributed by atoms with Gasteiger partial charge in [0, 0.05) is 27.3 Å². The van der Waals surface area contributed by atoms with E-state index in [4.69, 9.17) is 15.0 Å². The number of fused-ring (bicyclic) bond motifs is 3. The van der Waals surface area contributed by atoms with Crippen LogP contribution in [0.3, 0.4) is 0 Å². The van der Waals surface area contributed by atoms with Crippen LogP contribution in [-0.4, -0.2) is 29.1 Å². The van der Waals surface area contributed by atoms with E-state index in [1.165, 1.54) is 15.5 Å². The second kappa shape index (κ2) is 6.94. The lowest BCUT2D eigenvalue weighted by Crippen LogP contribution is -2.06. The number of benzene rings is 3. The molecule has 6 nitrogen and oxygen atoms in total. The number of hydrogen-bond donors (Lipinski definition) is 0. The predicted octanol–water partition coefficient (Wildman–Crippen LogP) is 6.60. The van der Waals surface area contributed by atoms with Gasteiger partial charge in [0.05, 0.1) is 33.0 Å². The van der Waals surface area contributed by atoms with Crippen molar-refractivity contribution in [2.24, 2.45) is 0 Å². The van der Waals surface area contributed by atoms with Crippen LogP contribution in [0.4, 0.5) is 0 Å². The first-order chi connectivity index (χ1) is 17.4. The zero-order chi connectivity index (χ0) is 22.9. The Hall–Kier alpha value is -4.62. The first-order valence-electron chi connectivity index (χ1n) is 11.3. The second-order valence-electron chi connectivity index (χ2n) is 8.47. The summed E-state index contributed by atoms with van der Waals surface area (Å²) in [6, 6.07) is 28.6. The highest BCUT2D eigenvalue weighted by Crippen LogP contribution is 2.43. The molecule has 0 atom stereocenters. The van der Waals surface area contributed by atoms with Crippen molar-refractivity contribution in [1.29, 1.82) is 0 Å². The largest absolute Gasteiger partial charge is 0.277 e. The van der Waals surface area contributed by atoms with E-state index < -0.39 is 0 Å². The van der Waals surface area contributed by atoms with Crippen molar-refractivity contribution in [3.05, 3.63) is 96.5 Å². The van der Waals surface area contributed by atoms with Gasteiger partial charge in [-0.25, -0.2) is 9.50 Å². The molecule has 0 amide bonds. The van der Waals surface area contributed by atoms with Gasteiger partial charge < -0.3 is 0 Å². The van der Waals surface area contributed by atoms with E-state index in [9.17, 15) is 0 Å². The van der Waals surface area contributed by atoms with Crippen LogP contribution in [0.15, 0.2) is 96.5 Å². The summed E-state index contributed by atoms with van der Waals surface area (Å²) < 4.78 is 5.42. The molecular formula is C28H16N6S. The van der Waals surface area contributed by atoms with Crippen LogP contribution >= 0.6 is 11.3 Å². The molecule has 164 valence electrons. The van der Waals surface area contributed by atoms with Crippen LogP contribution in [-0.2, 0) is 0 Å². The lowest BCUT2D eigenvalue weighted by atomic mass is 10.1. The monoisotopic (exact) mass is 468 g/mol. The summed E-state index contributed by atoms with van der Waals surface area (Å²) in [5.74, 6) is 1.91. The maximum atomic E-state index is 4.99. The van der Waals surface area contributed by atoms with Crippen molar-refractivity contribution >= 4 is 48.9 Å². The second-order valence-corrected chi connectivity index (χ2v) is 9.35. The minimum atomic E-state index is 0.610. The smallest absolute Gasteiger partial charge is 0.238 e.